The van der Waals surface area contributed by atoms with Gasteiger partial charge >= 0.3 is 5.69 Å². The maximum atomic E-state index is 11.0. The molecule has 0 saturated carbocycles. The van der Waals surface area contributed by atoms with E-state index in [1.807, 2.05) is 6.92 Å². The minimum atomic E-state index is -0.416. The van der Waals surface area contributed by atoms with Gasteiger partial charge in [0.1, 0.15) is 0 Å². The summed E-state index contributed by atoms with van der Waals surface area (Å²) in [6, 6.07) is 5.00. The summed E-state index contributed by atoms with van der Waals surface area (Å²) in [4.78, 5) is 10.5. The summed E-state index contributed by atoms with van der Waals surface area (Å²) in [5, 5.41) is 11.0. The summed E-state index contributed by atoms with van der Waals surface area (Å²) < 4.78 is 5.47. The molecular weight excluding hydrogens is 278 g/mol. The third-order valence-corrected chi connectivity index (χ3v) is 3.20. The number of hydrogen-bond acceptors (Lipinski definition) is 3. The monoisotopic (exact) mass is 299 g/mol. The number of nitro benzene ring substituents is 1. The van der Waals surface area contributed by atoms with Crippen LogP contribution in [0.5, 0.6) is 5.75 Å². The Bertz CT molecular complexity index is 449. The van der Waals surface area contributed by atoms with E-state index in [0.29, 0.717) is 24.7 Å². The van der Waals surface area contributed by atoms with Crippen LogP contribution in [0.2, 0.25) is 0 Å². The Hall–Kier alpha value is -1.29. The molecule has 1 unspecified atom stereocenters. The lowest BCUT2D eigenvalue weighted by molar-refractivity contribution is -0.385. The van der Waals surface area contributed by atoms with Crippen molar-refractivity contribution in [3.63, 3.8) is 0 Å². The van der Waals surface area contributed by atoms with Crippen molar-refractivity contribution >= 4 is 17.3 Å². The van der Waals surface area contributed by atoms with E-state index in [2.05, 4.69) is 13.8 Å². The molecule has 0 spiro atoms. The van der Waals surface area contributed by atoms with Crippen molar-refractivity contribution in [3.05, 3.63) is 33.9 Å². The average molecular weight is 300 g/mol. The van der Waals surface area contributed by atoms with E-state index in [0.717, 1.165) is 18.4 Å². The largest absolute Gasteiger partial charge is 0.487 e. The molecule has 0 aliphatic carbocycles. The maximum Gasteiger partial charge on any atom is 0.310 e. The second-order valence-electron chi connectivity index (χ2n) is 5.34. The molecule has 5 heteroatoms. The number of nitro groups is 1. The lowest BCUT2D eigenvalue weighted by Gasteiger charge is -2.13. The van der Waals surface area contributed by atoms with Gasteiger partial charge in [-0.25, -0.2) is 0 Å². The molecule has 0 saturated heterocycles. The van der Waals surface area contributed by atoms with Gasteiger partial charge in [-0.3, -0.25) is 10.1 Å². The molecule has 0 aromatic heterocycles. The first-order valence-corrected chi connectivity index (χ1v) is 7.41. The van der Waals surface area contributed by atoms with Gasteiger partial charge in [-0.15, -0.1) is 11.6 Å². The van der Waals surface area contributed by atoms with Crippen LogP contribution in [0.4, 0.5) is 5.69 Å². The van der Waals surface area contributed by atoms with Crippen molar-refractivity contribution < 1.29 is 9.66 Å². The van der Waals surface area contributed by atoms with Gasteiger partial charge in [-0.2, -0.15) is 0 Å². The van der Waals surface area contributed by atoms with Gasteiger partial charge in [-0.05, 0) is 36.8 Å². The Balaban J connectivity index is 2.85. The zero-order valence-electron chi connectivity index (χ0n) is 12.3. The van der Waals surface area contributed by atoms with Crippen LogP contribution in [0.1, 0.15) is 39.2 Å². The Morgan fingerprint density at radius 2 is 2.10 bits per heavy atom. The lowest BCUT2D eigenvalue weighted by Crippen LogP contribution is -2.08. The summed E-state index contributed by atoms with van der Waals surface area (Å²) in [7, 11) is 0. The number of ether oxygens (including phenoxy) is 1. The second kappa shape index (κ2) is 8.10. The van der Waals surface area contributed by atoms with E-state index in [9.17, 15) is 10.1 Å². The van der Waals surface area contributed by atoms with Crippen LogP contribution in [-0.2, 0) is 6.42 Å². The van der Waals surface area contributed by atoms with E-state index < -0.39 is 4.92 Å². The molecule has 1 atom stereocenters. The number of benzene rings is 1. The first kappa shape index (κ1) is 16.8. The number of hydrogen-bond donors (Lipinski definition) is 0. The quantitative estimate of drug-likeness (QED) is 0.401. The van der Waals surface area contributed by atoms with Gasteiger partial charge in [0, 0.05) is 11.4 Å². The molecule has 0 N–H and O–H groups in total. The number of rotatable bonds is 8. The van der Waals surface area contributed by atoms with Crippen LogP contribution in [0.3, 0.4) is 0 Å². The van der Waals surface area contributed by atoms with Gasteiger partial charge in [0.15, 0.2) is 5.75 Å². The van der Waals surface area contributed by atoms with E-state index in [4.69, 9.17) is 16.3 Å². The fourth-order valence-corrected chi connectivity index (χ4v) is 2.55. The highest BCUT2D eigenvalue weighted by atomic mass is 35.5. The molecule has 112 valence electrons. The molecule has 1 aromatic rings. The number of halogens is 1. The number of alkyl halides is 1. The first-order valence-electron chi connectivity index (χ1n) is 6.98. The topological polar surface area (TPSA) is 52.4 Å². The summed E-state index contributed by atoms with van der Waals surface area (Å²) in [6.45, 7) is 6.69. The van der Waals surface area contributed by atoms with E-state index >= 15 is 0 Å². The first-order chi connectivity index (χ1) is 9.43. The van der Waals surface area contributed by atoms with Crippen molar-refractivity contribution in [3.8, 4) is 5.75 Å². The zero-order chi connectivity index (χ0) is 15.1. The normalized spacial score (nSPS) is 12.4. The Kier molecular flexibility index (Phi) is 6.79. The zero-order valence-corrected chi connectivity index (χ0v) is 13.0. The van der Waals surface area contributed by atoms with Crippen molar-refractivity contribution in [1.29, 1.82) is 0 Å². The smallest absolute Gasteiger partial charge is 0.310 e. The summed E-state index contributed by atoms with van der Waals surface area (Å²) in [5.74, 6) is 0.870. The lowest BCUT2D eigenvalue weighted by atomic mass is 10.0. The van der Waals surface area contributed by atoms with Crippen molar-refractivity contribution in [2.45, 2.75) is 45.4 Å². The Morgan fingerprint density at radius 1 is 1.40 bits per heavy atom. The highest BCUT2D eigenvalue weighted by Crippen LogP contribution is 2.29. The Labute approximate surface area is 125 Å². The minimum Gasteiger partial charge on any atom is -0.487 e. The Morgan fingerprint density at radius 3 is 2.65 bits per heavy atom. The van der Waals surface area contributed by atoms with E-state index in [-0.39, 0.29) is 11.1 Å². The number of nitrogens with zero attached hydrogens (tertiary/aromatic N) is 1. The third kappa shape index (κ3) is 5.37. The molecule has 0 heterocycles. The van der Waals surface area contributed by atoms with Crippen LogP contribution in [0.15, 0.2) is 18.2 Å². The van der Waals surface area contributed by atoms with E-state index in [1.54, 1.807) is 12.1 Å². The van der Waals surface area contributed by atoms with Crippen molar-refractivity contribution in [2.24, 2.45) is 5.92 Å². The standard InChI is InChI=1S/C15H22ClNO3/c1-4-7-20-15-10-12(5-6-14(15)17(18)19)9-13(16)8-11(2)3/h5-6,10-11,13H,4,7-9H2,1-3H3. The van der Waals surface area contributed by atoms with Crippen LogP contribution in [-0.4, -0.2) is 16.9 Å². The second-order valence-corrected chi connectivity index (χ2v) is 5.96. The van der Waals surface area contributed by atoms with Crippen LogP contribution >= 0.6 is 11.6 Å². The van der Waals surface area contributed by atoms with Gasteiger partial charge in [0.2, 0.25) is 0 Å². The predicted molar refractivity (Wildman–Crippen MR) is 81.7 cm³/mol. The van der Waals surface area contributed by atoms with Crippen molar-refractivity contribution in [2.75, 3.05) is 6.61 Å². The maximum absolute atomic E-state index is 11.0. The summed E-state index contributed by atoms with van der Waals surface area (Å²) in [6.07, 6.45) is 2.43. The predicted octanol–water partition coefficient (Wildman–Crippen LogP) is 4.58. The fourth-order valence-electron chi connectivity index (χ4n) is 2.01. The highest BCUT2D eigenvalue weighted by molar-refractivity contribution is 6.20. The molecule has 0 bridgehead atoms. The van der Waals surface area contributed by atoms with Crippen LogP contribution < -0.4 is 4.74 Å². The summed E-state index contributed by atoms with van der Waals surface area (Å²) >= 11 is 6.29. The SMILES string of the molecule is CCCOc1cc(CC(Cl)CC(C)C)ccc1[N+](=O)[O-]. The van der Waals surface area contributed by atoms with Crippen LogP contribution in [0, 0.1) is 16.0 Å². The van der Waals surface area contributed by atoms with Crippen LogP contribution in [0.25, 0.3) is 0 Å². The van der Waals surface area contributed by atoms with Gasteiger partial charge in [-0.1, -0.05) is 26.8 Å². The molecule has 20 heavy (non-hydrogen) atoms. The van der Waals surface area contributed by atoms with Gasteiger partial charge in [0.25, 0.3) is 0 Å². The van der Waals surface area contributed by atoms with Gasteiger partial charge in [0.05, 0.1) is 11.5 Å². The third-order valence-electron chi connectivity index (χ3n) is 2.87. The molecule has 1 rings (SSSR count). The average Bonchev–Trinajstić information content (AvgIpc) is 2.35. The van der Waals surface area contributed by atoms with Crippen molar-refractivity contribution in [1.82, 2.24) is 0 Å². The molecule has 4 nitrogen and oxygen atoms in total. The molecule has 0 aliphatic heterocycles. The summed E-state index contributed by atoms with van der Waals surface area (Å²) in [5.41, 5.74) is 0.986. The molecule has 0 radical (unpaired) electrons. The molecule has 0 amide bonds. The highest BCUT2D eigenvalue weighted by Gasteiger charge is 2.17. The minimum absolute atomic E-state index is 0.0113. The fraction of sp³-hybridized carbons (Fsp3) is 0.600. The molecule has 0 fully saturated rings. The molecule has 0 aliphatic rings. The van der Waals surface area contributed by atoms with Gasteiger partial charge < -0.3 is 4.74 Å². The van der Waals surface area contributed by atoms with E-state index in [1.165, 1.54) is 6.07 Å². The molecule has 1 aromatic carbocycles. The molecular formula is C15H22ClNO3.